The summed E-state index contributed by atoms with van der Waals surface area (Å²) in [6, 6.07) is 15.7. The maximum Gasteiger partial charge on any atom is 0.254 e. The maximum absolute atomic E-state index is 13.5. The van der Waals surface area contributed by atoms with Gasteiger partial charge in [-0.1, -0.05) is 48.5 Å². The second-order valence-electron chi connectivity index (χ2n) is 8.96. The third-order valence-electron chi connectivity index (χ3n) is 6.64. The molecule has 1 N–H and O–H groups in total. The summed E-state index contributed by atoms with van der Waals surface area (Å²) in [5, 5.41) is 9.03. The highest BCUT2D eigenvalue weighted by Gasteiger charge is 2.33. The van der Waals surface area contributed by atoms with Crippen LogP contribution in [-0.2, 0) is 11.3 Å². The van der Waals surface area contributed by atoms with Crippen molar-refractivity contribution in [3.05, 3.63) is 76.9 Å². The van der Waals surface area contributed by atoms with Crippen LogP contribution < -0.4 is 0 Å². The van der Waals surface area contributed by atoms with Gasteiger partial charge in [0, 0.05) is 42.8 Å². The molecule has 2 aromatic carbocycles. The second kappa shape index (κ2) is 10.4. The summed E-state index contributed by atoms with van der Waals surface area (Å²) < 4.78 is 5.45. The molecule has 1 amide bonds. The number of Topliss-reactive ketones (excluding diaryl/α,β-unsaturated/α-hetero) is 1. The van der Waals surface area contributed by atoms with Crippen LogP contribution in [-0.4, -0.2) is 71.6 Å². The number of hydrogen-bond acceptors (Lipinski definition) is 5. The fraction of sp³-hybridized carbons (Fsp3) is 0.407. The number of aliphatic hydroxyl groups is 1. The highest BCUT2D eigenvalue weighted by Crippen LogP contribution is 2.27. The van der Waals surface area contributed by atoms with Gasteiger partial charge in [-0.25, -0.2) is 0 Å². The lowest BCUT2D eigenvalue weighted by Gasteiger charge is -2.44. The van der Waals surface area contributed by atoms with Crippen LogP contribution >= 0.6 is 0 Å². The fourth-order valence-electron chi connectivity index (χ4n) is 4.82. The predicted molar refractivity (Wildman–Crippen MR) is 128 cm³/mol. The van der Waals surface area contributed by atoms with Crippen LogP contribution in [0.4, 0.5) is 0 Å². The van der Waals surface area contributed by atoms with Crippen LogP contribution in [0.2, 0.25) is 0 Å². The molecule has 2 aliphatic heterocycles. The molecule has 6 heteroatoms. The van der Waals surface area contributed by atoms with Crippen LogP contribution in [0.25, 0.3) is 5.57 Å². The minimum atomic E-state index is -0.475. The number of benzene rings is 2. The molecule has 0 aliphatic carbocycles. The summed E-state index contributed by atoms with van der Waals surface area (Å²) >= 11 is 0. The van der Waals surface area contributed by atoms with Gasteiger partial charge in [-0.2, -0.15) is 0 Å². The number of aliphatic hydroxyl groups excluding tert-OH is 1. The van der Waals surface area contributed by atoms with E-state index in [1.54, 1.807) is 12.1 Å². The average Bonchev–Trinajstić information content (AvgIpc) is 2.86. The van der Waals surface area contributed by atoms with Gasteiger partial charge in [-0.15, -0.1) is 0 Å². The van der Waals surface area contributed by atoms with Crippen LogP contribution in [0.1, 0.15) is 52.1 Å². The zero-order chi connectivity index (χ0) is 23.4. The molecule has 0 radical (unpaired) electrons. The predicted octanol–water partition coefficient (Wildman–Crippen LogP) is 3.40. The van der Waals surface area contributed by atoms with Crippen LogP contribution in [0.3, 0.4) is 0 Å². The Labute approximate surface area is 195 Å². The van der Waals surface area contributed by atoms with Gasteiger partial charge in [0.15, 0.2) is 5.78 Å². The molecule has 2 heterocycles. The number of ketones is 1. The van der Waals surface area contributed by atoms with E-state index in [1.807, 2.05) is 41.3 Å². The van der Waals surface area contributed by atoms with Crippen molar-refractivity contribution in [1.82, 2.24) is 9.80 Å². The molecule has 0 unspecified atom stereocenters. The molecular weight excluding hydrogens is 416 g/mol. The van der Waals surface area contributed by atoms with Crippen molar-refractivity contribution in [2.75, 3.05) is 32.9 Å². The van der Waals surface area contributed by atoms with Gasteiger partial charge >= 0.3 is 0 Å². The van der Waals surface area contributed by atoms with Gasteiger partial charge in [-0.05, 0) is 43.0 Å². The minimum absolute atomic E-state index is 0.0863. The Balaban J connectivity index is 1.46. The highest BCUT2D eigenvalue weighted by atomic mass is 16.5. The van der Waals surface area contributed by atoms with Crippen molar-refractivity contribution in [3.8, 4) is 0 Å². The van der Waals surface area contributed by atoms with Crippen molar-refractivity contribution < 1.29 is 19.4 Å². The number of ether oxygens (including phenoxy) is 1. The van der Waals surface area contributed by atoms with Gasteiger partial charge in [-0.3, -0.25) is 14.5 Å². The lowest BCUT2D eigenvalue weighted by molar-refractivity contribution is 0.0269. The molecule has 0 spiro atoms. The van der Waals surface area contributed by atoms with Crippen molar-refractivity contribution in [2.24, 2.45) is 0 Å². The number of carbonyl (C=O) groups is 2. The SMILES string of the molecule is C[C@@H]1CN(C(=O)c2ccccc2C2=CCOCC2)C[C@H](C)N1Cc1ccc(C(=O)CO)cc1. The first-order valence-electron chi connectivity index (χ1n) is 11.6. The monoisotopic (exact) mass is 448 g/mol. The number of rotatable bonds is 6. The third kappa shape index (κ3) is 5.24. The van der Waals surface area contributed by atoms with Gasteiger partial charge in [0.1, 0.15) is 6.61 Å². The maximum atomic E-state index is 13.5. The molecule has 1 fully saturated rings. The first kappa shape index (κ1) is 23.4. The van der Waals surface area contributed by atoms with Gasteiger partial charge < -0.3 is 14.7 Å². The Morgan fingerprint density at radius 2 is 1.73 bits per heavy atom. The van der Waals surface area contributed by atoms with E-state index in [9.17, 15) is 9.59 Å². The molecule has 0 saturated carbocycles. The van der Waals surface area contributed by atoms with Gasteiger partial charge in [0.2, 0.25) is 0 Å². The Kier molecular flexibility index (Phi) is 7.38. The Morgan fingerprint density at radius 1 is 1.03 bits per heavy atom. The summed E-state index contributed by atoms with van der Waals surface area (Å²) in [5.74, 6) is -0.185. The standard InChI is InChI=1S/C27H32N2O4/c1-19-15-28(27(32)25-6-4-3-5-24(25)22-11-13-33-14-12-22)16-20(2)29(19)17-21-7-9-23(10-8-21)26(31)18-30/h3-11,19-20,30H,12-18H2,1-2H3/t19-,20+. The van der Waals surface area contributed by atoms with E-state index < -0.39 is 6.61 Å². The fourth-order valence-corrected chi connectivity index (χ4v) is 4.82. The quantitative estimate of drug-likeness (QED) is 0.686. The molecule has 33 heavy (non-hydrogen) atoms. The molecule has 0 aromatic heterocycles. The molecule has 1 saturated heterocycles. The van der Waals surface area contributed by atoms with Crippen LogP contribution in [0.15, 0.2) is 54.6 Å². The van der Waals surface area contributed by atoms with Crippen molar-refractivity contribution >= 4 is 17.3 Å². The van der Waals surface area contributed by atoms with E-state index in [2.05, 4.69) is 24.8 Å². The largest absolute Gasteiger partial charge is 0.388 e. The molecule has 2 aliphatic rings. The summed E-state index contributed by atoms with van der Waals surface area (Å²) in [4.78, 5) is 29.6. The first-order chi connectivity index (χ1) is 16.0. The highest BCUT2D eigenvalue weighted by molar-refractivity contribution is 5.99. The normalized spacial score (nSPS) is 21.5. The lowest BCUT2D eigenvalue weighted by Crippen LogP contribution is -2.57. The minimum Gasteiger partial charge on any atom is -0.388 e. The van der Waals surface area contributed by atoms with Crippen molar-refractivity contribution in [3.63, 3.8) is 0 Å². The zero-order valence-electron chi connectivity index (χ0n) is 19.4. The molecule has 2 aromatic rings. The molecule has 174 valence electrons. The zero-order valence-corrected chi connectivity index (χ0v) is 19.4. The molecule has 6 nitrogen and oxygen atoms in total. The Morgan fingerprint density at radius 3 is 2.36 bits per heavy atom. The summed E-state index contributed by atoms with van der Waals surface area (Å²) in [5.41, 5.74) is 4.61. The van der Waals surface area contributed by atoms with E-state index in [1.165, 1.54) is 5.57 Å². The van der Waals surface area contributed by atoms with Crippen LogP contribution in [0, 0.1) is 0 Å². The lowest BCUT2D eigenvalue weighted by atomic mass is 9.95. The van der Waals surface area contributed by atoms with E-state index in [4.69, 9.17) is 9.84 Å². The van der Waals surface area contributed by atoms with E-state index >= 15 is 0 Å². The first-order valence-corrected chi connectivity index (χ1v) is 11.6. The molecule has 4 rings (SSSR count). The van der Waals surface area contributed by atoms with E-state index in [0.717, 1.165) is 29.7 Å². The molecule has 2 atom stereocenters. The number of carbonyl (C=O) groups excluding carboxylic acids is 2. The Bertz CT molecular complexity index is 1020. The third-order valence-corrected chi connectivity index (χ3v) is 6.64. The van der Waals surface area contributed by atoms with Crippen molar-refractivity contribution in [2.45, 2.75) is 38.9 Å². The summed E-state index contributed by atoms with van der Waals surface area (Å²) in [7, 11) is 0. The van der Waals surface area contributed by atoms with Crippen molar-refractivity contribution in [1.29, 1.82) is 0 Å². The van der Waals surface area contributed by atoms with Crippen LogP contribution in [0.5, 0.6) is 0 Å². The topological polar surface area (TPSA) is 70.1 Å². The number of amides is 1. The second-order valence-corrected chi connectivity index (χ2v) is 8.96. The Hall–Kier alpha value is -2.80. The smallest absolute Gasteiger partial charge is 0.254 e. The molecular formula is C27H32N2O4. The van der Waals surface area contributed by atoms with E-state index in [-0.39, 0.29) is 23.8 Å². The van der Waals surface area contributed by atoms with Gasteiger partial charge in [0.05, 0.1) is 13.2 Å². The van der Waals surface area contributed by atoms with Gasteiger partial charge in [0.25, 0.3) is 5.91 Å². The average molecular weight is 449 g/mol. The number of hydrogen-bond donors (Lipinski definition) is 1. The number of nitrogens with zero attached hydrogens (tertiary/aromatic N) is 2. The summed E-state index contributed by atoms with van der Waals surface area (Å²) in [6.07, 6.45) is 2.91. The number of piperazine rings is 1. The summed E-state index contributed by atoms with van der Waals surface area (Å²) in [6.45, 7) is 7.22. The molecule has 0 bridgehead atoms. The van der Waals surface area contributed by atoms with E-state index in [0.29, 0.717) is 31.9 Å².